The molecule has 1 unspecified atom stereocenters. The zero-order chi connectivity index (χ0) is 11.8. The first kappa shape index (κ1) is 11.3. The van der Waals surface area contributed by atoms with Gasteiger partial charge in [0, 0.05) is 6.92 Å². The molecule has 2 heteroatoms. The molecule has 0 aromatic heterocycles. The normalized spacial score (nSPS) is 43.9. The van der Waals surface area contributed by atoms with Crippen molar-refractivity contribution in [3.05, 3.63) is 12.2 Å². The number of hydrogen-bond acceptors (Lipinski definition) is 2. The molecule has 3 aliphatic rings. The Bertz CT molecular complexity index is 334. The second-order valence-electron chi connectivity index (χ2n) is 6.08. The topological polar surface area (TPSA) is 26.3 Å². The van der Waals surface area contributed by atoms with E-state index in [-0.39, 0.29) is 12.1 Å². The fraction of sp³-hybridized carbons (Fsp3) is 0.800. The van der Waals surface area contributed by atoms with Crippen LogP contribution in [-0.4, -0.2) is 12.1 Å². The van der Waals surface area contributed by atoms with Gasteiger partial charge in [0.2, 0.25) is 0 Å². The number of allylic oxidation sites excluding steroid dienone is 2. The fourth-order valence-electron chi connectivity index (χ4n) is 4.41. The number of ether oxygens (including phenoxy) is 1. The van der Waals surface area contributed by atoms with Crippen molar-refractivity contribution in [3.63, 3.8) is 0 Å². The minimum absolute atomic E-state index is 0.0975. The van der Waals surface area contributed by atoms with Crippen LogP contribution in [0.1, 0.15) is 45.4 Å². The fourth-order valence-corrected chi connectivity index (χ4v) is 4.41. The van der Waals surface area contributed by atoms with Crippen molar-refractivity contribution >= 4 is 5.97 Å². The van der Waals surface area contributed by atoms with Gasteiger partial charge in [-0.1, -0.05) is 12.2 Å². The Balaban J connectivity index is 1.60. The lowest BCUT2D eigenvalue weighted by atomic mass is 9.74. The smallest absolute Gasteiger partial charge is 0.302 e. The Morgan fingerprint density at radius 3 is 2.59 bits per heavy atom. The van der Waals surface area contributed by atoms with E-state index >= 15 is 0 Å². The van der Waals surface area contributed by atoms with Crippen LogP contribution in [-0.2, 0) is 9.53 Å². The molecule has 0 saturated heterocycles. The Kier molecular flexibility index (Phi) is 2.97. The van der Waals surface area contributed by atoms with Crippen LogP contribution < -0.4 is 0 Å². The van der Waals surface area contributed by atoms with Crippen LogP contribution in [0.3, 0.4) is 0 Å². The van der Waals surface area contributed by atoms with Crippen molar-refractivity contribution in [2.24, 2.45) is 23.7 Å². The van der Waals surface area contributed by atoms with Gasteiger partial charge in [-0.25, -0.2) is 0 Å². The molecule has 0 radical (unpaired) electrons. The predicted octanol–water partition coefficient (Wildman–Crippen LogP) is 3.32. The Morgan fingerprint density at radius 2 is 2.00 bits per heavy atom. The van der Waals surface area contributed by atoms with E-state index in [0.717, 1.165) is 24.2 Å². The number of fused-ring (bicyclic) bond motifs is 2. The van der Waals surface area contributed by atoms with Crippen LogP contribution >= 0.6 is 0 Å². The molecule has 5 atom stereocenters. The van der Waals surface area contributed by atoms with Gasteiger partial charge in [0.15, 0.2) is 0 Å². The van der Waals surface area contributed by atoms with E-state index in [1.54, 1.807) is 0 Å². The standard InChI is InChI=1S/C15H22O2/c1-10(16)17-15-9-12-7-13(15)8-14(12)11-5-3-2-4-6-11/h2-3,11-15H,4-9H2,1H3/t11?,12-,13-,14-,15+/m1/s1. The van der Waals surface area contributed by atoms with Crippen LogP contribution in [0.2, 0.25) is 0 Å². The van der Waals surface area contributed by atoms with Crippen molar-refractivity contribution in [3.8, 4) is 0 Å². The second-order valence-corrected chi connectivity index (χ2v) is 6.08. The van der Waals surface area contributed by atoms with Gasteiger partial charge >= 0.3 is 5.97 Å². The summed E-state index contributed by atoms with van der Waals surface area (Å²) >= 11 is 0. The SMILES string of the molecule is CC(=O)O[C@H]1C[C@H]2C[C@@H]1C[C@@H]2C1CC=CCC1. The van der Waals surface area contributed by atoms with Gasteiger partial charge in [0.1, 0.15) is 6.10 Å². The summed E-state index contributed by atoms with van der Waals surface area (Å²) < 4.78 is 5.43. The summed E-state index contributed by atoms with van der Waals surface area (Å²) in [4.78, 5) is 11.0. The van der Waals surface area contributed by atoms with E-state index in [0.29, 0.717) is 5.92 Å². The average Bonchev–Trinajstić information content (AvgIpc) is 2.88. The van der Waals surface area contributed by atoms with Crippen LogP contribution in [0, 0.1) is 23.7 Å². The lowest BCUT2D eigenvalue weighted by molar-refractivity contribution is -0.149. The van der Waals surface area contributed by atoms with Gasteiger partial charge in [0.25, 0.3) is 0 Å². The maximum Gasteiger partial charge on any atom is 0.302 e. The molecule has 2 nitrogen and oxygen atoms in total. The summed E-state index contributed by atoms with van der Waals surface area (Å²) in [5.74, 6) is 3.23. The third-order valence-corrected chi connectivity index (χ3v) is 5.08. The zero-order valence-electron chi connectivity index (χ0n) is 10.6. The first-order chi connectivity index (χ1) is 8.24. The molecule has 3 aliphatic carbocycles. The number of carbonyl (C=O) groups is 1. The minimum Gasteiger partial charge on any atom is -0.462 e. The molecule has 0 aliphatic heterocycles. The van der Waals surface area contributed by atoms with Gasteiger partial charge < -0.3 is 4.74 Å². The predicted molar refractivity (Wildman–Crippen MR) is 66.4 cm³/mol. The summed E-state index contributed by atoms with van der Waals surface area (Å²) in [6.45, 7) is 1.54. The van der Waals surface area contributed by atoms with Gasteiger partial charge in [0.05, 0.1) is 0 Å². The van der Waals surface area contributed by atoms with Crippen molar-refractivity contribution in [1.29, 1.82) is 0 Å². The van der Waals surface area contributed by atoms with Gasteiger partial charge in [-0.2, -0.15) is 0 Å². The van der Waals surface area contributed by atoms with Crippen molar-refractivity contribution in [2.45, 2.75) is 51.6 Å². The van der Waals surface area contributed by atoms with Crippen molar-refractivity contribution in [2.75, 3.05) is 0 Å². The molecule has 17 heavy (non-hydrogen) atoms. The van der Waals surface area contributed by atoms with E-state index in [1.807, 2.05) is 0 Å². The first-order valence-electron chi connectivity index (χ1n) is 7.06. The molecule has 0 aromatic carbocycles. The van der Waals surface area contributed by atoms with E-state index < -0.39 is 0 Å². The largest absolute Gasteiger partial charge is 0.462 e. The molecule has 2 saturated carbocycles. The number of hydrogen-bond donors (Lipinski definition) is 0. The number of rotatable bonds is 2. The molecular weight excluding hydrogens is 212 g/mol. The molecule has 0 amide bonds. The highest BCUT2D eigenvalue weighted by Crippen LogP contribution is 2.53. The zero-order valence-corrected chi connectivity index (χ0v) is 10.6. The van der Waals surface area contributed by atoms with Crippen LogP contribution in [0.25, 0.3) is 0 Å². The average molecular weight is 234 g/mol. The molecule has 0 heterocycles. The second kappa shape index (κ2) is 4.47. The maximum absolute atomic E-state index is 11.0. The highest BCUT2D eigenvalue weighted by Gasteiger charge is 2.49. The Hall–Kier alpha value is -0.790. The molecule has 3 rings (SSSR count). The van der Waals surface area contributed by atoms with Gasteiger partial charge in [-0.3, -0.25) is 4.79 Å². The number of esters is 1. The third kappa shape index (κ3) is 2.14. The molecule has 0 spiro atoms. The molecule has 0 aromatic rings. The summed E-state index contributed by atoms with van der Waals surface area (Å²) in [5, 5.41) is 0. The lowest BCUT2D eigenvalue weighted by Crippen LogP contribution is -2.30. The molecule has 0 N–H and O–H groups in total. The van der Waals surface area contributed by atoms with Crippen LogP contribution in [0.15, 0.2) is 12.2 Å². The molecular formula is C15H22O2. The lowest BCUT2D eigenvalue weighted by Gasteiger charge is -2.34. The Morgan fingerprint density at radius 1 is 1.12 bits per heavy atom. The quantitative estimate of drug-likeness (QED) is 0.541. The third-order valence-electron chi connectivity index (χ3n) is 5.08. The Labute approximate surface area is 103 Å². The molecule has 2 bridgehead atoms. The number of carbonyl (C=O) groups excluding carboxylic acids is 1. The monoisotopic (exact) mass is 234 g/mol. The molecule has 2 fully saturated rings. The van der Waals surface area contributed by atoms with Gasteiger partial charge in [-0.15, -0.1) is 0 Å². The van der Waals surface area contributed by atoms with E-state index in [1.165, 1.54) is 39.0 Å². The summed E-state index contributed by atoms with van der Waals surface area (Å²) in [5.41, 5.74) is 0. The van der Waals surface area contributed by atoms with Crippen LogP contribution in [0.5, 0.6) is 0 Å². The summed E-state index contributed by atoms with van der Waals surface area (Å²) in [7, 11) is 0. The van der Waals surface area contributed by atoms with Crippen molar-refractivity contribution < 1.29 is 9.53 Å². The summed E-state index contributed by atoms with van der Waals surface area (Å²) in [6.07, 6.45) is 12.6. The van der Waals surface area contributed by atoms with Crippen LogP contribution in [0.4, 0.5) is 0 Å². The highest BCUT2D eigenvalue weighted by molar-refractivity contribution is 5.66. The van der Waals surface area contributed by atoms with Gasteiger partial charge in [-0.05, 0) is 62.2 Å². The first-order valence-corrected chi connectivity index (χ1v) is 7.06. The van der Waals surface area contributed by atoms with E-state index in [9.17, 15) is 4.79 Å². The van der Waals surface area contributed by atoms with E-state index in [4.69, 9.17) is 4.74 Å². The highest BCUT2D eigenvalue weighted by atomic mass is 16.5. The van der Waals surface area contributed by atoms with E-state index in [2.05, 4.69) is 12.2 Å². The summed E-state index contributed by atoms with van der Waals surface area (Å²) in [6, 6.07) is 0. The van der Waals surface area contributed by atoms with Crippen molar-refractivity contribution in [1.82, 2.24) is 0 Å². The molecule has 94 valence electrons. The maximum atomic E-state index is 11.0. The minimum atomic E-state index is -0.0975.